The monoisotopic (exact) mass is 223 g/mol. The van der Waals surface area contributed by atoms with Crippen LogP contribution in [0.25, 0.3) is 0 Å². The number of hydrogen-bond donors (Lipinski definition) is 0. The van der Waals surface area contributed by atoms with Crippen LogP contribution in [0, 0.1) is 17.1 Å². The Morgan fingerprint density at radius 2 is 1.86 bits per heavy atom. The zero-order valence-corrected chi connectivity index (χ0v) is 7.25. The third kappa shape index (κ3) is 1.96. The molecule has 0 radical (unpaired) electrons. The lowest BCUT2D eigenvalue weighted by molar-refractivity contribution is -0.137. The average molecular weight is 224 g/mol. The fourth-order valence-electron chi connectivity index (χ4n) is 0.834. The number of nitriles is 1. The molecular weight excluding hydrogens is 222 g/mol. The van der Waals surface area contributed by atoms with E-state index in [0.717, 1.165) is 0 Å². The number of benzene rings is 1. The Morgan fingerprint density at radius 1 is 1.29 bits per heavy atom. The van der Waals surface area contributed by atoms with Crippen molar-refractivity contribution in [3.63, 3.8) is 0 Å². The molecule has 6 heteroatoms. The quantitative estimate of drug-likeness (QED) is 0.619. The van der Waals surface area contributed by atoms with E-state index < -0.39 is 28.1 Å². The van der Waals surface area contributed by atoms with Gasteiger partial charge in [-0.15, -0.1) is 0 Å². The van der Waals surface area contributed by atoms with Crippen LogP contribution in [0.3, 0.4) is 0 Å². The van der Waals surface area contributed by atoms with E-state index in [4.69, 9.17) is 16.9 Å². The van der Waals surface area contributed by atoms with Crippen LogP contribution in [0.15, 0.2) is 12.1 Å². The molecular formula is C8H2ClF4N. The molecule has 0 heterocycles. The molecule has 0 aliphatic carbocycles. The number of nitrogens with zero attached hydrogens (tertiary/aromatic N) is 1. The summed E-state index contributed by atoms with van der Waals surface area (Å²) in [6.07, 6.45) is -4.64. The zero-order chi connectivity index (χ0) is 10.9. The van der Waals surface area contributed by atoms with Crippen molar-refractivity contribution < 1.29 is 17.6 Å². The summed E-state index contributed by atoms with van der Waals surface area (Å²) in [5.41, 5.74) is -1.86. The number of halogens is 5. The van der Waals surface area contributed by atoms with E-state index >= 15 is 0 Å². The Hall–Kier alpha value is -1.28. The van der Waals surface area contributed by atoms with Gasteiger partial charge in [0.15, 0.2) is 5.82 Å². The fourth-order valence-corrected chi connectivity index (χ4v) is 1.05. The van der Waals surface area contributed by atoms with E-state index in [1.807, 2.05) is 0 Å². The first-order valence-electron chi connectivity index (χ1n) is 3.32. The first kappa shape index (κ1) is 10.8. The summed E-state index contributed by atoms with van der Waals surface area (Å²) in [6, 6.07) is 2.15. The fraction of sp³-hybridized carbons (Fsp3) is 0.125. The topological polar surface area (TPSA) is 23.8 Å². The number of alkyl halides is 3. The minimum Gasteiger partial charge on any atom is -0.204 e. The minimum atomic E-state index is -4.64. The van der Waals surface area contributed by atoms with Gasteiger partial charge in [0, 0.05) is 0 Å². The number of hydrogen-bond acceptors (Lipinski definition) is 1. The molecule has 0 aromatic heterocycles. The summed E-state index contributed by atoms with van der Waals surface area (Å²) in [5, 5.41) is 7.61. The second-order valence-corrected chi connectivity index (χ2v) is 2.84. The first-order chi connectivity index (χ1) is 6.36. The molecule has 1 rings (SSSR count). The summed E-state index contributed by atoms with van der Waals surface area (Å²) >= 11 is 5.18. The highest BCUT2D eigenvalue weighted by atomic mass is 35.5. The molecule has 0 atom stereocenters. The van der Waals surface area contributed by atoms with Crippen molar-refractivity contribution in [2.45, 2.75) is 6.18 Å². The lowest BCUT2D eigenvalue weighted by Crippen LogP contribution is -2.06. The summed E-state index contributed by atoms with van der Waals surface area (Å²) in [4.78, 5) is 0. The van der Waals surface area contributed by atoms with Gasteiger partial charge in [-0.05, 0) is 12.1 Å². The third-order valence-corrected chi connectivity index (χ3v) is 1.75. The van der Waals surface area contributed by atoms with Gasteiger partial charge in [-0.2, -0.15) is 18.4 Å². The van der Waals surface area contributed by atoms with Crippen molar-refractivity contribution in [1.82, 2.24) is 0 Å². The number of rotatable bonds is 0. The molecule has 0 amide bonds. The van der Waals surface area contributed by atoms with Crippen LogP contribution < -0.4 is 0 Å². The summed E-state index contributed by atoms with van der Waals surface area (Å²) < 4.78 is 49.2. The van der Waals surface area contributed by atoms with Crippen LogP contribution in [0.2, 0.25) is 5.02 Å². The van der Waals surface area contributed by atoms with Crippen molar-refractivity contribution in [1.29, 1.82) is 5.26 Å². The van der Waals surface area contributed by atoms with E-state index in [1.54, 1.807) is 0 Å². The Bertz CT molecular complexity index is 405. The van der Waals surface area contributed by atoms with Gasteiger partial charge < -0.3 is 0 Å². The molecule has 74 valence electrons. The highest BCUT2D eigenvalue weighted by Crippen LogP contribution is 2.33. The SMILES string of the molecule is N#Cc1cc(C(F)(F)F)cc(Cl)c1F. The Labute approximate surface area is 81.5 Å². The molecule has 1 aromatic carbocycles. The van der Waals surface area contributed by atoms with E-state index in [2.05, 4.69) is 0 Å². The van der Waals surface area contributed by atoms with Crippen LogP contribution in [-0.2, 0) is 6.18 Å². The molecule has 0 unspecified atom stereocenters. The minimum absolute atomic E-state index is 0.418. The van der Waals surface area contributed by atoms with E-state index in [1.165, 1.54) is 6.07 Å². The highest BCUT2D eigenvalue weighted by Gasteiger charge is 2.32. The van der Waals surface area contributed by atoms with Gasteiger partial charge in [-0.3, -0.25) is 0 Å². The van der Waals surface area contributed by atoms with Crippen molar-refractivity contribution >= 4 is 11.6 Å². The highest BCUT2D eigenvalue weighted by molar-refractivity contribution is 6.30. The van der Waals surface area contributed by atoms with Crippen LogP contribution in [0.5, 0.6) is 0 Å². The summed E-state index contributed by atoms with van der Waals surface area (Å²) in [7, 11) is 0. The second kappa shape index (κ2) is 3.46. The molecule has 14 heavy (non-hydrogen) atoms. The predicted molar refractivity (Wildman–Crippen MR) is 41.1 cm³/mol. The molecule has 1 nitrogen and oxygen atoms in total. The molecule has 0 saturated heterocycles. The standard InChI is InChI=1S/C8H2ClF4N/c9-6-2-5(8(11,12)13)1-4(3-14)7(6)10/h1-2H. The van der Waals surface area contributed by atoms with Gasteiger partial charge in [0.25, 0.3) is 0 Å². The van der Waals surface area contributed by atoms with Crippen molar-refractivity contribution in [3.8, 4) is 6.07 Å². The third-order valence-electron chi connectivity index (χ3n) is 1.48. The molecule has 1 aromatic rings. The van der Waals surface area contributed by atoms with Crippen molar-refractivity contribution in [2.24, 2.45) is 0 Å². The van der Waals surface area contributed by atoms with Crippen LogP contribution in [0.1, 0.15) is 11.1 Å². The molecule has 0 N–H and O–H groups in total. The molecule has 0 fully saturated rings. The van der Waals surface area contributed by atoms with Gasteiger partial charge in [0.2, 0.25) is 0 Å². The van der Waals surface area contributed by atoms with Gasteiger partial charge in [-0.1, -0.05) is 11.6 Å². The predicted octanol–water partition coefficient (Wildman–Crippen LogP) is 3.37. The largest absolute Gasteiger partial charge is 0.416 e. The Kier molecular flexibility index (Phi) is 2.67. The smallest absolute Gasteiger partial charge is 0.204 e. The summed E-state index contributed by atoms with van der Waals surface area (Å²) in [5.74, 6) is -1.14. The van der Waals surface area contributed by atoms with Crippen molar-refractivity contribution in [3.05, 3.63) is 34.1 Å². The Morgan fingerprint density at radius 3 is 2.29 bits per heavy atom. The lowest BCUT2D eigenvalue weighted by atomic mass is 10.1. The molecule has 0 saturated carbocycles. The molecule has 0 bridgehead atoms. The van der Waals surface area contributed by atoms with Crippen LogP contribution in [-0.4, -0.2) is 0 Å². The summed E-state index contributed by atoms with van der Waals surface area (Å²) in [6.45, 7) is 0. The van der Waals surface area contributed by atoms with E-state index in [9.17, 15) is 17.6 Å². The molecule has 0 spiro atoms. The van der Waals surface area contributed by atoms with Gasteiger partial charge in [-0.25, -0.2) is 4.39 Å². The second-order valence-electron chi connectivity index (χ2n) is 2.43. The Balaban J connectivity index is 3.40. The maximum atomic E-state index is 12.8. The zero-order valence-electron chi connectivity index (χ0n) is 6.49. The normalized spacial score (nSPS) is 11.1. The van der Waals surface area contributed by atoms with Gasteiger partial charge in [0.1, 0.15) is 6.07 Å². The maximum Gasteiger partial charge on any atom is 0.416 e. The van der Waals surface area contributed by atoms with Crippen LogP contribution >= 0.6 is 11.6 Å². The van der Waals surface area contributed by atoms with Gasteiger partial charge >= 0.3 is 6.18 Å². The van der Waals surface area contributed by atoms with Gasteiger partial charge in [0.05, 0.1) is 16.1 Å². The van der Waals surface area contributed by atoms with Crippen LogP contribution in [0.4, 0.5) is 17.6 Å². The molecule has 0 aliphatic heterocycles. The maximum absolute atomic E-state index is 12.8. The van der Waals surface area contributed by atoms with E-state index in [-0.39, 0.29) is 0 Å². The molecule has 0 aliphatic rings. The van der Waals surface area contributed by atoms with Crippen molar-refractivity contribution in [2.75, 3.05) is 0 Å². The van der Waals surface area contributed by atoms with E-state index in [0.29, 0.717) is 12.1 Å². The lowest BCUT2D eigenvalue weighted by Gasteiger charge is -2.07. The average Bonchev–Trinajstić information content (AvgIpc) is 2.07. The first-order valence-corrected chi connectivity index (χ1v) is 3.70.